The molecule has 0 unspecified atom stereocenters. The summed E-state index contributed by atoms with van der Waals surface area (Å²) in [4.78, 5) is 16.6. The van der Waals surface area contributed by atoms with E-state index in [-0.39, 0.29) is 6.61 Å². The van der Waals surface area contributed by atoms with Crippen molar-refractivity contribution in [3.8, 4) is 5.75 Å². The predicted molar refractivity (Wildman–Crippen MR) is 96.5 cm³/mol. The lowest BCUT2D eigenvalue weighted by atomic mass is 10.1. The number of aryl methyl sites for hydroxylation is 1. The van der Waals surface area contributed by atoms with Crippen molar-refractivity contribution in [2.45, 2.75) is 6.04 Å². The summed E-state index contributed by atoms with van der Waals surface area (Å²) in [7, 11) is 1.78. The molecule has 3 aromatic rings. The number of halogens is 2. The first-order valence-electron chi connectivity index (χ1n) is 7.94. The summed E-state index contributed by atoms with van der Waals surface area (Å²) in [6.07, 6.45) is 3.33. The van der Waals surface area contributed by atoms with Crippen molar-refractivity contribution in [3.63, 3.8) is 0 Å². The summed E-state index contributed by atoms with van der Waals surface area (Å²) in [5.74, 6) is 0.231. The number of rotatable bonds is 6. The quantitative estimate of drug-likeness (QED) is 0.719. The van der Waals surface area contributed by atoms with Gasteiger partial charge in [-0.05, 0) is 30.3 Å². The molecule has 0 aliphatic carbocycles. The maximum atomic E-state index is 14.3. The van der Waals surface area contributed by atoms with Crippen molar-refractivity contribution in [2.75, 3.05) is 6.61 Å². The summed E-state index contributed by atoms with van der Waals surface area (Å²) in [5.41, 5.74) is 0.335. The number of ether oxygens (including phenoxy) is 1. The second-order valence-corrected chi connectivity index (χ2v) is 6.10. The number of imidazole rings is 1. The van der Waals surface area contributed by atoms with Crippen molar-refractivity contribution in [3.05, 3.63) is 83.2 Å². The Hall–Kier alpha value is -2.86. The fraction of sp³-hybridized carbons (Fsp3) is 0.158. The molecule has 0 aliphatic rings. The first-order chi connectivity index (χ1) is 12.5. The van der Waals surface area contributed by atoms with Gasteiger partial charge in [0.05, 0.1) is 0 Å². The number of hydrogen-bond acceptors (Lipinski definition) is 3. The third kappa shape index (κ3) is 4.21. The largest absolute Gasteiger partial charge is 0.484 e. The van der Waals surface area contributed by atoms with Crippen LogP contribution in [0.15, 0.2) is 60.9 Å². The van der Waals surface area contributed by atoms with Crippen LogP contribution >= 0.6 is 11.6 Å². The highest BCUT2D eigenvalue weighted by atomic mass is 35.5. The van der Waals surface area contributed by atoms with Gasteiger partial charge in [-0.1, -0.05) is 29.8 Å². The number of nitrogens with zero attached hydrogens (tertiary/aromatic N) is 2. The highest BCUT2D eigenvalue weighted by Gasteiger charge is 2.23. The standard InChI is InChI=1S/C19H17ClFN3O2/c1-24-11-10-22-19(24)18(15-4-2-3-5-16(15)21)23-17(25)12-26-14-8-6-13(20)7-9-14/h2-11,18H,12H2,1H3,(H,23,25)/t18-/m1/s1. The highest BCUT2D eigenvalue weighted by Crippen LogP contribution is 2.23. The van der Waals surface area contributed by atoms with Crippen LogP contribution in [0.3, 0.4) is 0 Å². The third-order valence-electron chi connectivity index (χ3n) is 3.82. The van der Waals surface area contributed by atoms with Crippen LogP contribution in [-0.4, -0.2) is 22.1 Å². The van der Waals surface area contributed by atoms with Crippen LogP contribution in [0.2, 0.25) is 5.02 Å². The Morgan fingerprint density at radius 3 is 2.65 bits per heavy atom. The van der Waals surface area contributed by atoms with E-state index in [0.717, 1.165) is 0 Å². The predicted octanol–water partition coefficient (Wildman–Crippen LogP) is 3.50. The Labute approximate surface area is 155 Å². The van der Waals surface area contributed by atoms with Crippen LogP contribution in [0, 0.1) is 5.82 Å². The zero-order chi connectivity index (χ0) is 18.5. The van der Waals surface area contributed by atoms with E-state index in [4.69, 9.17) is 16.3 Å². The summed E-state index contributed by atoms with van der Waals surface area (Å²) >= 11 is 5.82. The molecule has 0 saturated heterocycles. The monoisotopic (exact) mass is 373 g/mol. The molecular weight excluding hydrogens is 357 g/mol. The van der Waals surface area contributed by atoms with Gasteiger partial charge in [-0.15, -0.1) is 0 Å². The van der Waals surface area contributed by atoms with E-state index >= 15 is 0 Å². The lowest BCUT2D eigenvalue weighted by Gasteiger charge is -2.20. The van der Waals surface area contributed by atoms with Gasteiger partial charge in [-0.25, -0.2) is 9.37 Å². The summed E-state index contributed by atoms with van der Waals surface area (Å²) < 4.78 is 21.4. The van der Waals surface area contributed by atoms with E-state index in [9.17, 15) is 9.18 Å². The van der Waals surface area contributed by atoms with Crippen LogP contribution < -0.4 is 10.1 Å². The highest BCUT2D eigenvalue weighted by molar-refractivity contribution is 6.30. The number of amides is 1. The molecule has 26 heavy (non-hydrogen) atoms. The number of aromatic nitrogens is 2. The van der Waals surface area contributed by atoms with Gasteiger partial charge < -0.3 is 14.6 Å². The maximum Gasteiger partial charge on any atom is 0.258 e. The Balaban J connectivity index is 1.75. The van der Waals surface area contributed by atoms with Gasteiger partial charge in [0.1, 0.15) is 23.4 Å². The van der Waals surface area contributed by atoms with Crippen LogP contribution in [0.25, 0.3) is 0 Å². The SMILES string of the molecule is Cn1ccnc1[C@H](NC(=O)COc1ccc(Cl)cc1)c1ccccc1F. The summed E-state index contributed by atoms with van der Waals surface area (Å²) in [6, 6.07) is 12.2. The molecule has 7 heteroatoms. The van der Waals surface area contributed by atoms with Crippen LogP contribution in [0.1, 0.15) is 17.4 Å². The fourth-order valence-corrected chi connectivity index (χ4v) is 2.65. The van der Waals surface area contributed by atoms with Crippen LogP contribution in [0.5, 0.6) is 5.75 Å². The minimum absolute atomic E-state index is 0.211. The number of carbonyl (C=O) groups excluding carboxylic acids is 1. The zero-order valence-corrected chi connectivity index (χ0v) is 14.8. The molecule has 0 spiro atoms. The molecule has 5 nitrogen and oxygen atoms in total. The number of benzene rings is 2. The zero-order valence-electron chi connectivity index (χ0n) is 14.0. The number of nitrogens with one attached hydrogen (secondary N) is 1. The molecule has 0 aliphatic heterocycles. The van der Waals surface area contributed by atoms with Gasteiger partial charge in [0, 0.05) is 30.0 Å². The van der Waals surface area contributed by atoms with E-state index in [2.05, 4.69) is 10.3 Å². The third-order valence-corrected chi connectivity index (χ3v) is 4.07. The molecule has 1 heterocycles. The normalized spacial score (nSPS) is 11.8. The van der Waals surface area contributed by atoms with Gasteiger partial charge in [0.2, 0.25) is 0 Å². The molecule has 0 saturated carbocycles. The molecule has 1 atom stereocenters. The lowest BCUT2D eigenvalue weighted by molar-refractivity contribution is -0.123. The molecule has 2 aromatic carbocycles. The number of hydrogen-bond donors (Lipinski definition) is 1. The topological polar surface area (TPSA) is 56.2 Å². The Morgan fingerprint density at radius 2 is 2.00 bits per heavy atom. The molecule has 3 rings (SSSR count). The van der Waals surface area contributed by atoms with Gasteiger partial charge in [0.25, 0.3) is 5.91 Å². The average molecular weight is 374 g/mol. The molecule has 1 aromatic heterocycles. The maximum absolute atomic E-state index is 14.3. The van der Waals surface area contributed by atoms with Crippen molar-refractivity contribution in [1.29, 1.82) is 0 Å². The molecule has 0 bridgehead atoms. The molecule has 1 N–H and O–H groups in total. The molecular formula is C19H17ClFN3O2. The molecule has 1 amide bonds. The minimum Gasteiger partial charge on any atom is -0.484 e. The smallest absolute Gasteiger partial charge is 0.258 e. The van der Waals surface area contributed by atoms with Crippen molar-refractivity contribution in [1.82, 2.24) is 14.9 Å². The minimum atomic E-state index is -0.725. The summed E-state index contributed by atoms with van der Waals surface area (Å²) in [5, 5.41) is 3.37. The van der Waals surface area contributed by atoms with Gasteiger partial charge >= 0.3 is 0 Å². The second-order valence-electron chi connectivity index (χ2n) is 5.66. The fourth-order valence-electron chi connectivity index (χ4n) is 2.53. The second kappa shape index (κ2) is 8.01. The van der Waals surface area contributed by atoms with Crippen LogP contribution in [0.4, 0.5) is 4.39 Å². The van der Waals surface area contributed by atoms with Crippen molar-refractivity contribution in [2.24, 2.45) is 7.05 Å². The molecule has 0 fully saturated rings. The van der Waals surface area contributed by atoms with Crippen molar-refractivity contribution < 1.29 is 13.9 Å². The molecule has 0 radical (unpaired) electrons. The first-order valence-corrected chi connectivity index (χ1v) is 8.32. The van der Waals surface area contributed by atoms with Gasteiger partial charge in [-0.3, -0.25) is 4.79 Å². The van der Waals surface area contributed by atoms with E-state index in [0.29, 0.717) is 22.2 Å². The summed E-state index contributed by atoms with van der Waals surface area (Å²) in [6.45, 7) is -0.211. The number of carbonyl (C=O) groups is 1. The Morgan fingerprint density at radius 1 is 1.27 bits per heavy atom. The van der Waals surface area contributed by atoms with Gasteiger partial charge in [-0.2, -0.15) is 0 Å². The van der Waals surface area contributed by atoms with E-state index in [1.54, 1.807) is 66.5 Å². The van der Waals surface area contributed by atoms with E-state index in [1.165, 1.54) is 6.07 Å². The van der Waals surface area contributed by atoms with E-state index < -0.39 is 17.8 Å². The first kappa shape index (κ1) is 17.9. The van der Waals surface area contributed by atoms with E-state index in [1.807, 2.05) is 0 Å². The van der Waals surface area contributed by atoms with Gasteiger partial charge in [0.15, 0.2) is 6.61 Å². The average Bonchev–Trinajstić information content (AvgIpc) is 3.06. The lowest BCUT2D eigenvalue weighted by Crippen LogP contribution is -2.35. The Kier molecular flexibility index (Phi) is 5.53. The van der Waals surface area contributed by atoms with Crippen molar-refractivity contribution >= 4 is 17.5 Å². The van der Waals surface area contributed by atoms with Crippen LogP contribution in [-0.2, 0) is 11.8 Å². The Bertz CT molecular complexity index is 896. The molecule has 134 valence electrons.